The van der Waals surface area contributed by atoms with Gasteiger partial charge in [-0.3, -0.25) is 4.79 Å². The Balaban J connectivity index is 3.13. The van der Waals surface area contributed by atoms with Crippen molar-refractivity contribution in [1.29, 1.82) is 0 Å². The van der Waals surface area contributed by atoms with Gasteiger partial charge >= 0.3 is 0 Å². The standard InChI is InChI=1S/C16H16O/c1-13-7-4-5-8-14(2)11-12-15(3)16(17)10-6-9-13/h5-6,8-12H,1-3H3/b8-5-,10-6+,13-9-,14-11-,15-12+. The van der Waals surface area contributed by atoms with Gasteiger partial charge in [0.05, 0.1) is 0 Å². The highest BCUT2D eigenvalue weighted by Gasteiger charge is 1.97. The highest BCUT2D eigenvalue weighted by Crippen LogP contribution is 2.02. The maximum atomic E-state index is 11.7. The first-order valence-corrected chi connectivity index (χ1v) is 5.52. The predicted molar refractivity (Wildman–Crippen MR) is 72.3 cm³/mol. The molecule has 0 unspecified atom stereocenters. The maximum Gasteiger partial charge on any atom is 0.181 e. The van der Waals surface area contributed by atoms with Crippen LogP contribution in [0.15, 0.2) is 59.3 Å². The van der Waals surface area contributed by atoms with Gasteiger partial charge in [-0.25, -0.2) is 0 Å². The predicted octanol–water partition coefficient (Wildman–Crippen LogP) is 3.52. The molecule has 1 aliphatic rings. The average Bonchev–Trinajstić information content (AvgIpc) is 2.31. The molecule has 0 N–H and O–H groups in total. The molecule has 0 aliphatic heterocycles. The van der Waals surface area contributed by atoms with E-state index in [9.17, 15) is 4.79 Å². The van der Waals surface area contributed by atoms with Gasteiger partial charge in [0, 0.05) is 0 Å². The van der Waals surface area contributed by atoms with Crippen molar-refractivity contribution in [3.8, 4) is 11.8 Å². The van der Waals surface area contributed by atoms with Gasteiger partial charge in [-0.15, -0.1) is 0 Å². The van der Waals surface area contributed by atoms with Crippen molar-refractivity contribution in [3.05, 3.63) is 59.3 Å². The minimum Gasteiger partial charge on any atom is -0.290 e. The molecule has 0 saturated heterocycles. The van der Waals surface area contributed by atoms with Gasteiger partial charge in [0.2, 0.25) is 0 Å². The van der Waals surface area contributed by atoms with E-state index in [2.05, 4.69) is 11.8 Å². The SMILES string of the molecule is C/C1=C/C=C/C(=O)/C(C)=C/C=C(C)\C=C/C#C1. The smallest absolute Gasteiger partial charge is 0.181 e. The molecule has 0 saturated carbocycles. The lowest BCUT2D eigenvalue weighted by atomic mass is 10.1. The van der Waals surface area contributed by atoms with Crippen molar-refractivity contribution in [2.75, 3.05) is 0 Å². The largest absolute Gasteiger partial charge is 0.290 e. The molecule has 1 aliphatic carbocycles. The van der Waals surface area contributed by atoms with Crippen LogP contribution in [0.25, 0.3) is 0 Å². The Hall–Kier alpha value is -2.07. The van der Waals surface area contributed by atoms with Crippen molar-refractivity contribution < 1.29 is 4.79 Å². The molecule has 1 rings (SSSR count). The quantitative estimate of drug-likeness (QED) is 0.575. The number of carbonyl (C=O) groups is 1. The molecule has 0 aromatic carbocycles. The zero-order valence-electron chi connectivity index (χ0n) is 10.4. The minimum absolute atomic E-state index is 0.0225. The van der Waals surface area contributed by atoms with Crippen LogP contribution in [0.1, 0.15) is 20.8 Å². The van der Waals surface area contributed by atoms with Gasteiger partial charge in [0.15, 0.2) is 5.78 Å². The fraction of sp³-hybridized carbons (Fsp3) is 0.188. The summed E-state index contributed by atoms with van der Waals surface area (Å²) in [6.45, 7) is 5.71. The number of hydrogen-bond donors (Lipinski definition) is 0. The van der Waals surface area contributed by atoms with E-state index in [0.29, 0.717) is 0 Å². The lowest BCUT2D eigenvalue weighted by Gasteiger charge is -1.92. The van der Waals surface area contributed by atoms with Crippen molar-refractivity contribution in [2.24, 2.45) is 0 Å². The topological polar surface area (TPSA) is 17.1 Å². The van der Waals surface area contributed by atoms with Gasteiger partial charge in [0.1, 0.15) is 0 Å². The van der Waals surface area contributed by atoms with Crippen LogP contribution in [0, 0.1) is 11.8 Å². The Morgan fingerprint density at radius 3 is 2.53 bits per heavy atom. The molecule has 0 amide bonds. The van der Waals surface area contributed by atoms with E-state index in [0.717, 1.165) is 16.7 Å². The lowest BCUT2D eigenvalue weighted by Crippen LogP contribution is -1.93. The second-order valence-corrected chi connectivity index (χ2v) is 3.94. The Kier molecular flexibility index (Phi) is 4.97. The monoisotopic (exact) mass is 224 g/mol. The average molecular weight is 224 g/mol. The van der Waals surface area contributed by atoms with Crippen molar-refractivity contribution in [3.63, 3.8) is 0 Å². The summed E-state index contributed by atoms with van der Waals surface area (Å²) < 4.78 is 0. The third kappa shape index (κ3) is 4.99. The van der Waals surface area contributed by atoms with E-state index in [1.165, 1.54) is 0 Å². The van der Waals surface area contributed by atoms with Crippen molar-refractivity contribution >= 4 is 5.78 Å². The first kappa shape index (κ1) is 13.0. The first-order chi connectivity index (χ1) is 8.09. The summed E-state index contributed by atoms with van der Waals surface area (Å²) in [5.74, 6) is 5.95. The molecule has 1 nitrogen and oxygen atoms in total. The molecule has 17 heavy (non-hydrogen) atoms. The van der Waals surface area contributed by atoms with E-state index < -0.39 is 0 Å². The summed E-state index contributed by atoms with van der Waals surface area (Å²) in [7, 11) is 0. The second-order valence-electron chi connectivity index (χ2n) is 3.94. The van der Waals surface area contributed by atoms with Gasteiger partial charge < -0.3 is 0 Å². The number of ketones is 1. The molecule has 0 bridgehead atoms. The van der Waals surface area contributed by atoms with Crippen LogP contribution in [0.5, 0.6) is 0 Å². The van der Waals surface area contributed by atoms with Gasteiger partial charge in [0.25, 0.3) is 0 Å². The molecule has 86 valence electrons. The van der Waals surface area contributed by atoms with Crippen molar-refractivity contribution in [2.45, 2.75) is 20.8 Å². The molecular weight excluding hydrogens is 208 g/mol. The normalized spacial score (nSPS) is 29.6. The van der Waals surface area contributed by atoms with E-state index in [-0.39, 0.29) is 5.78 Å². The number of carbonyl (C=O) groups excluding carboxylic acids is 1. The summed E-state index contributed by atoms with van der Waals surface area (Å²) >= 11 is 0. The van der Waals surface area contributed by atoms with Crippen LogP contribution in [0.3, 0.4) is 0 Å². The maximum absolute atomic E-state index is 11.7. The Morgan fingerprint density at radius 2 is 1.76 bits per heavy atom. The van der Waals surface area contributed by atoms with Crippen LogP contribution >= 0.6 is 0 Å². The molecule has 0 spiro atoms. The summed E-state index contributed by atoms with van der Waals surface area (Å²) in [6, 6.07) is 0. The third-order valence-electron chi connectivity index (χ3n) is 2.28. The Morgan fingerprint density at radius 1 is 1.00 bits per heavy atom. The minimum atomic E-state index is 0.0225. The molecule has 0 radical (unpaired) electrons. The lowest BCUT2D eigenvalue weighted by molar-refractivity contribution is -0.111. The van der Waals surface area contributed by atoms with Crippen LogP contribution in [-0.2, 0) is 4.79 Å². The number of allylic oxidation sites excluding steroid dienone is 10. The van der Waals surface area contributed by atoms with Gasteiger partial charge in [-0.1, -0.05) is 47.8 Å². The first-order valence-electron chi connectivity index (χ1n) is 5.52. The summed E-state index contributed by atoms with van der Waals surface area (Å²) in [5.41, 5.74) is 2.72. The van der Waals surface area contributed by atoms with E-state index >= 15 is 0 Å². The molecule has 0 aromatic rings. The Bertz CT molecular complexity index is 511. The van der Waals surface area contributed by atoms with Gasteiger partial charge in [-0.05, 0) is 44.1 Å². The van der Waals surface area contributed by atoms with Crippen LogP contribution in [0.4, 0.5) is 0 Å². The zero-order chi connectivity index (χ0) is 12.7. The van der Waals surface area contributed by atoms with E-state index in [1.807, 2.05) is 51.2 Å². The molecular formula is C16H16O. The van der Waals surface area contributed by atoms with E-state index in [4.69, 9.17) is 0 Å². The summed E-state index contributed by atoms with van der Waals surface area (Å²) in [4.78, 5) is 11.7. The third-order valence-corrected chi connectivity index (χ3v) is 2.28. The molecule has 0 aromatic heterocycles. The molecule has 0 fully saturated rings. The molecule has 1 heteroatoms. The Labute approximate surface area is 103 Å². The summed E-state index contributed by atoms with van der Waals surface area (Å²) in [5, 5.41) is 0. The zero-order valence-corrected chi connectivity index (χ0v) is 10.4. The second kappa shape index (κ2) is 6.50. The van der Waals surface area contributed by atoms with E-state index in [1.54, 1.807) is 12.2 Å². The number of rotatable bonds is 0. The molecule has 0 atom stereocenters. The van der Waals surface area contributed by atoms with Crippen molar-refractivity contribution in [1.82, 2.24) is 0 Å². The molecule has 0 heterocycles. The fourth-order valence-corrected chi connectivity index (χ4v) is 1.18. The van der Waals surface area contributed by atoms with Crippen LogP contribution < -0.4 is 0 Å². The number of hydrogen-bond acceptors (Lipinski definition) is 1. The fourth-order valence-electron chi connectivity index (χ4n) is 1.18. The summed E-state index contributed by atoms with van der Waals surface area (Å²) in [6.07, 6.45) is 12.6. The van der Waals surface area contributed by atoms with Crippen LogP contribution in [-0.4, -0.2) is 5.78 Å². The van der Waals surface area contributed by atoms with Crippen LogP contribution in [0.2, 0.25) is 0 Å². The van der Waals surface area contributed by atoms with Gasteiger partial charge in [-0.2, -0.15) is 0 Å². The highest BCUT2D eigenvalue weighted by molar-refractivity contribution is 6.03. The highest BCUT2D eigenvalue weighted by atomic mass is 16.1.